The van der Waals surface area contributed by atoms with E-state index >= 15 is 0 Å². The van der Waals surface area contributed by atoms with Crippen LogP contribution in [0.5, 0.6) is 0 Å². The molecule has 2 heteroatoms. The molecule has 0 bridgehead atoms. The first-order chi connectivity index (χ1) is 8.63. The van der Waals surface area contributed by atoms with Gasteiger partial charge in [0.2, 0.25) is 0 Å². The van der Waals surface area contributed by atoms with Crippen molar-refractivity contribution in [3.05, 3.63) is 72.2 Å². The van der Waals surface area contributed by atoms with Crippen molar-refractivity contribution in [2.45, 2.75) is 6.92 Å². The first-order valence-electron chi connectivity index (χ1n) is 5.92. The van der Waals surface area contributed by atoms with E-state index < -0.39 is 0 Å². The molecule has 1 rings (SSSR count). The zero-order valence-electron chi connectivity index (χ0n) is 11.3. The molecule has 94 valence electrons. The van der Waals surface area contributed by atoms with E-state index in [1.807, 2.05) is 51.4 Å². The van der Waals surface area contributed by atoms with Crippen molar-refractivity contribution < 1.29 is 0 Å². The second-order valence-corrected chi connectivity index (χ2v) is 4.13. The first-order valence-corrected chi connectivity index (χ1v) is 5.92. The number of allylic oxidation sites excluding steroid dienone is 5. The third-order valence-corrected chi connectivity index (χ3v) is 2.48. The molecule has 1 heterocycles. The van der Waals surface area contributed by atoms with Crippen LogP contribution in [0.25, 0.3) is 6.08 Å². The molecule has 2 nitrogen and oxygen atoms in total. The maximum Gasteiger partial charge on any atom is 0.0317 e. The largest absolute Gasteiger partial charge is 0.378 e. The highest BCUT2D eigenvalue weighted by Gasteiger charge is 1.91. The lowest BCUT2D eigenvalue weighted by atomic mass is 10.2. The van der Waals surface area contributed by atoms with Crippen molar-refractivity contribution in [2.24, 2.45) is 0 Å². The smallest absolute Gasteiger partial charge is 0.0317 e. The number of aromatic nitrogens is 1. The lowest BCUT2D eigenvalue weighted by Crippen LogP contribution is -2.08. The van der Waals surface area contributed by atoms with Crippen LogP contribution in [0, 0.1) is 0 Å². The van der Waals surface area contributed by atoms with Crippen molar-refractivity contribution in [1.82, 2.24) is 9.88 Å². The topological polar surface area (TPSA) is 16.1 Å². The summed E-state index contributed by atoms with van der Waals surface area (Å²) in [6.45, 7) is 6.02. The molecule has 0 N–H and O–H groups in total. The summed E-state index contributed by atoms with van der Waals surface area (Å²) in [6, 6.07) is 3.93. The number of nitrogens with zero attached hydrogens (tertiary/aromatic N) is 2. The Morgan fingerprint density at radius 2 is 1.83 bits per heavy atom. The lowest BCUT2D eigenvalue weighted by molar-refractivity contribution is 0.529. The van der Waals surface area contributed by atoms with Gasteiger partial charge in [0.05, 0.1) is 0 Å². The molecule has 0 aliphatic rings. The molecule has 0 aliphatic heterocycles. The minimum absolute atomic E-state index is 0.966. The van der Waals surface area contributed by atoms with Crippen LogP contribution >= 0.6 is 0 Å². The standard InChI is InChI=1S/C16H20N2/c1-5-16(18(3)4)9-7-14(2)6-8-15-10-12-17-13-11-15/h5-13H,2H2,1,3-4H3/b8-6+,9-7-,16-5+. The summed E-state index contributed by atoms with van der Waals surface area (Å²) in [4.78, 5) is 6.05. The van der Waals surface area contributed by atoms with E-state index in [0.29, 0.717) is 0 Å². The molecule has 1 aromatic rings. The summed E-state index contributed by atoms with van der Waals surface area (Å²) in [5, 5.41) is 0. The normalized spacial score (nSPS) is 12.3. The summed E-state index contributed by atoms with van der Waals surface area (Å²) in [7, 11) is 4.05. The Morgan fingerprint density at radius 3 is 2.39 bits per heavy atom. The summed E-state index contributed by atoms with van der Waals surface area (Å²) in [5.74, 6) is 0. The van der Waals surface area contributed by atoms with E-state index in [1.165, 1.54) is 0 Å². The molecular formula is C16H20N2. The Hall–Kier alpha value is -2.09. The van der Waals surface area contributed by atoms with Crippen LogP contribution in [-0.2, 0) is 0 Å². The van der Waals surface area contributed by atoms with Gasteiger partial charge in [0.25, 0.3) is 0 Å². The minimum Gasteiger partial charge on any atom is -0.378 e. The SMILES string of the molecule is C=C(/C=C\C(=C/C)N(C)C)/C=C/c1ccncc1. The van der Waals surface area contributed by atoms with E-state index in [2.05, 4.69) is 28.6 Å². The van der Waals surface area contributed by atoms with Crippen LogP contribution in [0.2, 0.25) is 0 Å². The van der Waals surface area contributed by atoms with E-state index in [1.54, 1.807) is 12.4 Å². The van der Waals surface area contributed by atoms with Gasteiger partial charge in [0.1, 0.15) is 0 Å². The number of pyridine rings is 1. The van der Waals surface area contributed by atoms with Gasteiger partial charge in [-0.15, -0.1) is 0 Å². The molecule has 0 radical (unpaired) electrons. The highest BCUT2D eigenvalue weighted by atomic mass is 15.1. The predicted octanol–water partition coefficient (Wildman–Crippen LogP) is 3.67. The molecule has 0 unspecified atom stereocenters. The second kappa shape index (κ2) is 7.28. The molecule has 1 aromatic heterocycles. The highest BCUT2D eigenvalue weighted by Crippen LogP contribution is 2.06. The number of hydrogen-bond acceptors (Lipinski definition) is 2. The fourth-order valence-corrected chi connectivity index (χ4v) is 1.43. The Morgan fingerprint density at radius 1 is 1.17 bits per heavy atom. The van der Waals surface area contributed by atoms with E-state index in [-0.39, 0.29) is 0 Å². The molecule has 0 aromatic carbocycles. The van der Waals surface area contributed by atoms with Crippen LogP contribution in [0.4, 0.5) is 0 Å². The van der Waals surface area contributed by atoms with Gasteiger partial charge < -0.3 is 4.90 Å². The fourth-order valence-electron chi connectivity index (χ4n) is 1.43. The molecule has 0 amide bonds. The van der Waals surface area contributed by atoms with Crippen LogP contribution in [0.15, 0.2) is 66.7 Å². The molecule has 0 fully saturated rings. The number of rotatable bonds is 5. The minimum atomic E-state index is 0.966. The second-order valence-electron chi connectivity index (χ2n) is 4.13. The van der Waals surface area contributed by atoms with Gasteiger partial charge in [-0.2, -0.15) is 0 Å². The van der Waals surface area contributed by atoms with Gasteiger partial charge in [-0.25, -0.2) is 0 Å². The predicted molar refractivity (Wildman–Crippen MR) is 79.0 cm³/mol. The lowest BCUT2D eigenvalue weighted by Gasteiger charge is -2.12. The zero-order chi connectivity index (χ0) is 13.4. The molecule has 0 atom stereocenters. The van der Waals surface area contributed by atoms with E-state index in [4.69, 9.17) is 0 Å². The van der Waals surface area contributed by atoms with Crippen molar-refractivity contribution in [2.75, 3.05) is 14.1 Å². The van der Waals surface area contributed by atoms with Crippen LogP contribution in [0.1, 0.15) is 12.5 Å². The Bertz CT molecular complexity index is 465. The van der Waals surface area contributed by atoms with Crippen LogP contribution in [0.3, 0.4) is 0 Å². The fraction of sp³-hybridized carbons (Fsp3) is 0.188. The average molecular weight is 240 g/mol. The Kier molecular flexibility index (Phi) is 5.65. The van der Waals surface area contributed by atoms with Gasteiger partial charge in [-0.1, -0.05) is 30.9 Å². The van der Waals surface area contributed by atoms with Gasteiger partial charge in [0, 0.05) is 32.2 Å². The van der Waals surface area contributed by atoms with Gasteiger partial charge >= 0.3 is 0 Å². The van der Waals surface area contributed by atoms with Crippen molar-refractivity contribution in [3.8, 4) is 0 Å². The maximum absolute atomic E-state index is 4.00. The summed E-state index contributed by atoms with van der Waals surface area (Å²) >= 11 is 0. The monoisotopic (exact) mass is 240 g/mol. The first kappa shape index (κ1) is 14.0. The number of hydrogen-bond donors (Lipinski definition) is 0. The van der Waals surface area contributed by atoms with Crippen LogP contribution in [-0.4, -0.2) is 24.0 Å². The van der Waals surface area contributed by atoms with Crippen molar-refractivity contribution >= 4 is 6.08 Å². The summed E-state index contributed by atoms with van der Waals surface area (Å²) in [5.41, 5.74) is 3.25. The zero-order valence-corrected chi connectivity index (χ0v) is 11.3. The Labute approximate surface area is 110 Å². The van der Waals surface area contributed by atoms with Crippen LogP contribution < -0.4 is 0 Å². The number of likely N-dealkylation sites (N-methyl/N-ethyl adjacent to an activating group) is 1. The molecular weight excluding hydrogens is 220 g/mol. The summed E-state index contributed by atoms with van der Waals surface area (Å²) < 4.78 is 0. The van der Waals surface area contributed by atoms with Crippen molar-refractivity contribution in [1.29, 1.82) is 0 Å². The molecule has 18 heavy (non-hydrogen) atoms. The highest BCUT2D eigenvalue weighted by molar-refractivity contribution is 5.53. The van der Waals surface area contributed by atoms with Gasteiger partial charge in [0.15, 0.2) is 0 Å². The van der Waals surface area contributed by atoms with E-state index in [0.717, 1.165) is 16.8 Å². The molecule has 0 saturated heterocycles. The summed E-state index contributed by atoms with van der Waals surface area (Å²) in [6.07, 6.45) is 13.7. The third-order valence-electron chi connectivity index (χ3n) is 2.48. The van der Waals surface area contributed by atoms with Gasteiger partial charge in [-0.3, -0.25) is 4.98 Å². The quantitative estimate of drug-likeness (QED) is 0.730. The molecule has 0 saturated carbocycles. The van der Waals surface area contributed by atoms with Gasteiger partial charge in [-0.05, 0) is 36.3 Å². The molecule has 0 spiro atoms. The molecule has 0 aliphatic carbocycles. The van der Waals surface area contributed by atoms with E-state index in [9.17, 15) is 0 Å². The maximum atomic E-state index is 4.00. The average Bonchev–Trinajstić information content (AvgIpc) is 2.38. The van der Waals surface area contributed by atoms with Crippen molar-refractivity contribution in [3.63, 3.8) is 0 Å². The Balaban J connectivity index is 2.62. The third kappa shape index (κ3) is 4.83.